The first-order valence-electron chi connectivity index (χ1n) is 9.32. The Hall–Kier alpha value is -3.08. The Morgan fingerprint density at radius 2 is 1.89 bits per heavy atom. The molecule has 0 bridgehead atoms. The average Bonchev–Trinajstić information content (AvgIpc) is 3.20. The third kappa shape index (κ3) is 3.33. The molecule has 5 heteroatoms. The largest absolute Gasteiger partial charge is 0.344 e. The van der Waals surface area contributed by atoms with Crippen LogP contribution in [0.5, 0.6) is 0 Å². The molecule has 0 saturated carbocycles. The fraction of sp³-hybridized carbons (Fsp3) is 0.273. The van der Waals surface area contributed by atoms with Gasteiger partial charge in [0.1, 0.15) is 12.4 Å². The molecule has 138 valence electrons. The summed E-state index contributed by atoms with van der Waals surface area (Å²) in [7, 11) is 0. The summed E-state index contributed by atoms with van der Waals surface area (Å²) in [6, 6.07) is 18.0. The quantitative estimate of drug-likeness (QED) is 0.556. The van der Waals surface area contributed by atoms with Crippen molar-refractivity contribution < 1.29 is 4.79 Å². The number of aromatic nitrogens is 3. The van der Waals surface area contributed by atoms with E-state index in [-0.39, 0.29) is 17.9 Å². The van der Waals surface area contributed by atoms with Crippen LogP contribution >= 0.6 is 0 Å². The maximum atomic E-state index is 12.8. The molecule has 2 heterocycles. The van der Waals surface area contributed by atoms with E-state index in [9.17, 15) is 4.79 Å². The highest BCUT2D eigenvalue weighted by Gasteiger charge is 2.22. The Morgan fingerprint density at radius 1 is 1.15 bits per heavy atom. The Morgan fingerprint density at radius 3 is 2.67 bits per heavy atom. The lowest BCUT2D eigenvalue weighted by molar-refractivity contribution is -0.122. The predicted molar refractivity (Wildman–Crippen MR) is 108 cm³/mol. The van der Waals surface area contributed by atoms with Crippen molar-refractivity contribution in [3.63, 3.8) is 0 Å². The van der Waals surface area contributed by atoms with E-state index >= 15 is 0 Å². The van der Waals surface area contributed by atoms with E-state index in [0.717, 1.165) is 33.5 Å². The maximum absolute atomic E-state index is 12.8. The molecular weight excluding hydrogens is 336 g/mol. The van der Waals surface area contributed by atoms with Gasteiger partial charge in [0.2, 0.25) is 5.91 Å². The maximum Gasteiger partial charge on any atom is 0.240 e. The molecule has 2 N–H and O–H groups in total. The molecule has 4 rings (SSSR count). The van der Waals surface area contributed by atoms with Gasteiger partial charge in [-0.15, -0.1) is 0 Å². The highest BCUT2D eigenvalue weighted by Crippen LogP contribution is 2.23. The third-order valence-electron chi connectivity index (χ3n) is 5.00. The van der Waals surface area contributed by atoms with Crippen molar-refractivity contribution in [2.75, 3.05) is 0 Å². The molecule has 5 nitrogen and oxygen atoms in total. The fourth-order valence-corrected chi connectivity index (χ4v) is 3.59. The normalized spacial score (nSPS) is 12.7. The smallest absolute Gasteiger partial charge is 0.240 e. The Labute approximate surface area is 158 Å². The molecular formula is C22H24N4O. The summed E-state index contributed by atoms with van der Waals surface area (Å²) in [5.41, 5.74) is 4.06. The van der Waals surface area contributed by atoms with Gasteiger partial charge >= 0.3 is 0 Å². The van der Waals surface area contributed by atoms with Gasteiger partial charge in [-0.1, -0.05) is 44.2 Å². The van der Waals surface area contributed by atoms with Crippen LogP contribution < -0.4 is 5.32 Å². The van der Waals surface area contributed by atoms with Gasteiger partial charge in [0, 0.05) is 11.2 Å². The van der Waals surface area contributed by atoms with Crippen LogP contribution in [0.1, 0.15) is 31.4 Å². The number of imidazole rings is 1. The molecule has 1 atom stereocenters. The molecule has 0 spiro atoms. The fourth-order valence-electron chi connectivity index (χ4n) is 3.59. The van der Waals surface area contributed by atoms with Crippen molar-refractivity contribution in [2.45, 2.75) is 33.4 Å². The number of fused-ring (bicyclic) bond motifs is 2. The predicted octanol–water partition coefficient (Wildman–Crippen LogP) is 4.34. The molecule has 0 aliphatic heterocycles. The number of amides is 1. The lowest BCUT2D eigenvalue weighted by Gasteiger charge is -2.21. The minimum atomic E-state index is -0.160. The first kappa shape index (κ1) is 17.3. The summed E-state index contributed by atoms with van der Waals surface area (Å²) in [4.78, 5) is 20.9. The lowest BCUT2D eigenvalue weighted by Crippen LogP contribution is -2.35. The Bertz CT molecular complexity index is 1070. The number of para-hydroxylation sites is 3. The standard InChI is InChI=1S/C22H24N4O/c1-14(2)21(22-23-17-9-5-6-10-18(17)24-22)25-20(27)13-26-15(3)12-16-8-4-7-11-19(16)26/h4-12,14,21H,13H2,1-3H3,(H,23,24)(H,25,27)/t21-/m0/s1. The van der Waals surface area contributed by atoms with Gasteiger partial charge in [0.15, 0.2) is 0 Å². The number of aryl methyl sites for hydroxylation is 1. The van der Waals surface area contributed by atoms with Gasteiger partial charge in [-0.25, -0.2) is 4.98 Å². The van der Waals surface area contributed by atoms with Gasteiger partial charge in [-0.05, 0) is 42.5 Å². The SMILES string of the molecule is Cc1cc2ccccc2n1CC(=O)N[C@H](c1nc2ccccc2[nH]1)C(C)C. The number of hydrogen-bond acceptors (Lipinski definition) is 2. The number of hydrogen-bond donors (Lipinski definition) is 2. The van der Waals surface area contributed by atoms with Gasteiger partial charge in [0.05, 0.1) is 17.1 Å². The second-order valence-electron chi connectivity index (χ2n) is 7.36. The topological polar surface area (TPSA) is 62.7 Å². The number of benzene rings is 2. The van der Waals surface area contributed by atoms with Gasteiger partial charge in [-0.2, -0.15) is 0 Å². The number of nitrogens with zero attached hydrogens (tertiary/aromatic N) is 2. The summed E-state index contributed by atoms with van der Waals surface area (Å²) in [5.74, 6) is 1.00. The Balaban J connectivity index is 1.58. The zero-order valence-electron chi connectivity index (χ0n) is 15.9. The van der Waals surface area contributed by atoms with Crippen molar-refractivity contribution in [3.8, 4) is 0 Å². The third-order valence-corrected chi connectivity index (χ3v) is 5.00. The first-order chi connectivity index (χ1) is 13.0. The van der Waals surface area contributed by atoms with E-state index in [1.54, 1.807) is 0 Å². The number of nitrogens with one attached hydrogen (secondary N) is 2. The summed E-state index contributed by atoms with van der Waals surface area (Å²) < 4.78 is 2.06. The Kier molecular flexibility index (Phi) is 4.44. The summed E-state index contributed by atoms with van der Waals surface area (Å²) in [6.07, 6.45) is 0. The van der Waals surface area contributed by atoms with E-state index < -0.39 is 0 Å². The second-order valence-corrected chi connectivity index (χ2v) is 7.36. The van der Waals surface area contributed by atoms with Crippen LogP contribution in [0.3, 0.4) is 0 Å². The van der Waals surface area contributed by atoms with Gasteiger partial charge in [-0.3, -0.25) is 4.79 Å². The van der Waals surface area contributed by atoms with Crippen LogP contribution in [0.2, 0.25) is 0 Å². The van der Waals surface area contributed by atoms with Crippen molar-refractivity contribution in [2.24, 2.45) is 5.92 Å². The van der Waals surface area contributed by atoms with Gasteiger partial charge in [0.25, 0.3) is 0 Å². The van der Waals surface area contributed by atoms with E-state index in [0.29, 0.717) is 6.54 Å². The monoisotopic (exact) mass is 360 g/mol. The molecule has 1 amide bonds. The van der Waals surface area contributed by atoms with Gasteiger partial charge < -0.3 is 14.9 Å². The number of rotatable bonds is 5. The highest BCUT2D eigenvalue weighted by atomic mass is 16.2. The van der Waals surface area contributed by atoms with Crippen molar-refractivity contribution in [1.29, 1.82) is 0 Å². The summed E-state index contributed by atoms with van der Waals surface area (Å²) >= 11 is 0. The van der Waals surface area contributed by atoms with Crippen LogP contribution in [0.4, 0.5) is 0 Å². The van der Waals surface area contributed by atoms with Crippen molar-refractivity contribution in [1.82, 2.24) is 19.9 Å². The summed E-state index contributed by atoms with van der Waals surface area (Å²) in [5, 5.41) is 4.32. The van der Waals surface area contributed by atoms with Crippen molar-refractivity contribution in [3.05, 3.63) is 66.1 Å². The molecule has 2 aromatic heterocycles. The molecule has 0 saturated heterocycles. The first-order valence-corrected chi connectivity index (χ1v) is 9.32. The minimum absolute atomic E-state index is 0.0152. The average molecular weight is 360 g/mol. The summed E-state index contributed by atoms with van der Waals surface area (Å²) in [6.45, 7) is 6.51. The molecule has 0 radical (unpaired) electrons. The molecule has 0 fully saturated rings. The molecule has 27 heavy (non-hydrogen) atoms. The lowest BCUT2D eigenvalue weighted by atomic mass is 10.0. The number of carbonyl (C=O) groups is 1. The van der Waals surface area contributed by atoms with E-state index in [1.807, 2.05) is 43.3 Å². The molecule has 0 aliphatic rings. The number of H-pyrrole nitrogens is 1. The zero-order chi connectivity index (χ0) is 19.0. The zero-order valence-corrected chi connectivity index (χ0v) is 15.9. The molecule has 4 aromatic rings. The molecule has 0 unspecified atom stereocenters. The molecule has 0 aliphatic carbocycles. The molecule has 2 aromatic carbocycles. The van der Waals surface area contributed by atoms with E-state index in [2.05, 4.69) is 51.9 Å². The van der Waals surface area contributed by atoms with Crippen LogP contribution in [0.15, 0.2) is 54.6 Å². The van der Waals surface area contributed by atoms with Crippen LogP contribution in [0.25, 0.3) is 21.9 Å². The highest BCUT2D eigenvalue weighted by molar-refractivity contribution is 5.84. The van der Waals surface area contributed by atoms with Crippen LogP contribution in [0, 0.1) is 12.8 Å². The minimum Gasteiger partial charge on any atom is -0.344 e. The van der Waals surface area contributed by atoms with Crippen molar-refractivity contribution >= 4 is 27.8 Å². The van der Waals surface area contributed by atoms with E-state index in [1.165, 1.54) is 0 Å². The number of carbonyl (C=O) groups excluding carboxylic acids is 1. The van der Waals surface area contributed by atoms with Crippen LogP contribution in [-0.2, 0) is 11.3 Å². The van der Waals surface area contributed by atoms with Crippen LogP contribution in [-0.4, -0.2) is 20.4 Å². The van der Waals surface area contributed by atoms with E-state index in [4.69, 9.17) is 0 Å². The second kappa shape index (κ2) is 6.91. The number of aromatic amines is 1.